The number of nitrogens with one attached hydrogen (secondary N) is 1. The van der Waals surface area contributed by atoms with Gasteiger partial charge in [-0.25, -0.2) is 0 Å². The molecule has 2 fully saturated rings. The zero-order valence-electron chi connectivity index (χ0n) is 9.93. The molecule has 6 nitrogen and oxygen atoms in total. The van der Waals surface area contributed by atoms with Crippen LogP contribution in [0.15, 0.2) is 0 Å². The van der Waals surface area contributed by atoms with Gasteiger partial charge in [0.25, 0.3) is 0 Å². The quantitative estimate of drug-likeness (QED) is 0.614. The van der Waals surface area contributed by atoms with Crippen LogP contribution >= 0.6 is 0 Å². The van der Waals surface area contributed by atoms with Crippen LogP contribution in [0, 0.1) is 5.92 Å². The standard InChI is InChI=1S/C11H16N2O4/c1-6-3-8(5-17-6)11(16)13-4-9(14)12-10(15)7(13)2/h6-8H,3-5H2,1-2H3,(H,12,14,15). The molecule has 2 saturated heterocycles. The van der Waals surface area contributed by atoms with Gasteiger partial charge in [-0.1, -0.05) is 0 Å². The van der Waals surface area contributed by atoms with Crippen molar-refractivity contribution in [2.24, 2.45) is 5.92 Å². The summed E-state index contributed by atoms with van der Waals surface area (Å²) < 4.78 is 5.33. The summed E-state index contributed by atoms with van der Waals surface area (Å²) in [6, 6.07) is -0.587. The van der Waals surface area contributed by atoms with Gasteiger partial charge in [0.05, 0.1) is 18.6 Å². The first-order valence-electron chi connectivity index (χ1n) is 5.75. The second-order valence-electron chi connectivity index (χ2n) is 4.63. The highest BCUT2D eigenvalue weighted by molar-refractivity contribution is 6.04. The summed E-state index contributed by atoms with van der Waals surface area (Å²) in [5.41, 5.74) is 0. The van der Waals surface area contributed by atoms with Gasteiger partial charge in [-0.3, -0.25) is 19.7 Å². The zero-order chi connectivity index (χ0) is 12.6. The summed E-state index contributed by atoms with van der Waals surface area (Å²) >= 11 is 0. The van der Waals surface area contributed by atoms with E-state index in [9.17, 15) is 14.4 Å². The van der Waals surface area contributed by atoms with Crippen LogP contribution in [0.5, 0.6) is 0 Å². The van der Waals surface area contributed by atoms with Crippen LogP contribution in [0.1, 0.15) is 20.3 Å². The van der Waals surface area contributed by atoms with Gasteiger partial charge < -0.3 is 9.64 Å². The molecule has 0 radical (unpaired) electrons. The molecule has 0 aromatic carbocycles. The molecule has 2 aliphatic heterocycles. The Morgan fingerprint density at radius 1 is 1.41 bits per heavy atom. The average Bonchev–Trinajstić information content (AvgIpc) is 2.69. The zero-order valence-corrected chi connectivity index (χ0v) is 9.93. The van der Waals surface area contributed by atoms with E-state index in [1.807, 2.05) is 6.92 Å². The third-order valence-corrected chi connectivity index (χ3v) is 3.25. The van der Waals surface area contributed by atoms with Gasteiger partial charge in [0.2, 0.25) is 17.7 Å². The minimum absolute atomic E-state index is 0.0450. The van der Waals surface area contributed by atoms with E-state index in [1.165, 1.54) is 4.90 Å². The molecule has 0 spiro atoms. The highest BCUT2D eigenvalue weighted by Gasteiger charge is 2.38. The summed E-state index contributed by atoms with van der Waals surface area (Å²) in [5.74, 6) is -1.23. The molecule has 2 aliphatic rings. The van der Waals surface area contributed by atoms with Crippen molar-refractivity contribution < 1.29 is 19.1 Å². The number of hydrogen-bond acceptors (Lipinski definition) is 4. The van der Waals surface area contributed by atoms with Crippen molar-refractivity contribution in [2.75, 3.05) is 13.2 Å². The molecule has 94 valence electrons. The van der Waals surface area contributed by atoms with Crippen LogP contribution in [0.4, 0.5) is 0 Å². The van der Waals surface area contributed by atoms with Gasteiger partial charge in [0.1, 0.15) is 12.6 Å². The number of hydrogen-bond donors (Lipinski definition) is 1. The second-order valence-corrected chi connectivity index (χ2v) is 4.63. The first-order valence-corrected chi connectivity index (χ1v) is 5.75. The molecule has 2 rings (SSSR count). The van der Waals surface area contributed by atoms with Gasteiger partial charge in [-0.2, -0.15) is 0 Å². The highest BCUT2D eigenvalue weighted by Crippen LogP contribution is 2.22. The summed E-state index contributed by atoms with van der Waals surface area (Å²) in [5, 5.41) is 2.21. The number of carbonyl (C=O) groups excluding carboxylic acids is 3. The lowest BCUT2D eigenvalue weighted by molar-refractivity contribution is -0.151. The fraction of sp³-hybridized carbons (Fsp3) is 0.727. The van der Waals surface area contributed by atoms with Crippen molar-refractivity contribution >= 4 is 17.7 Å². The number of carbonyl (C=O) groups is 3. The molecule has 0 aromatic rings. The Morgan fingerprint density at radius 2 is 2.12 bits per heavy atom. The third kappa shape index (κ3) is 2.31. The molecular formula is C11H16N2O4. The van der Waals surface area contributed by atoms with E-state index in [0.29, 0.717) is 13.0 Å². The minimum Gasteiger partial charge on any atom is -0.378 e. The maximum absolute atomic E-state index is 12.2. The fourth-order valence-electron chi connectivity index (χ4n) is 2.21. The molecule has 6 heteroatoms. The van der Waals surface area contributed by atoms with Crippen molar-refractivity contribution in [3.05, 3.63) is 0 Å². The monoisotopic (exact) mass is 240 g/mol. The number of ether oxygens (including phenoxy) is 1. The maximum Gasteiger partial charge on any atom is 0.249 e. The predicted octanol–water partition coefficient (Wildman–Crippen LogP) is -0.715. The number of amides is 3. The van der Waals surface area contributed by atoms with Crippen LogP contribution in [-0.4, -0.2) is 47.9 Å². The van der Waals surface area contributed by atoms with Crippen LogP contribution in [0.2, 0.25) is 0 Å². The summed E-state index contributed by atoms with van der Waals surface area (Å²) in [6.45, 7) is 3.86. The van der Waals surface area contributed by atoms with Crippen LogP contribution in [0.3, 0.4) is 0 Å². The van der Waals surface area contributed by atoms with Gasteiger partial charge in [0.15, 0.2) is 0 Å². The Balaban J connectivity index is 2.07. The fourth-order valence-corrected chi connectivity index (χ4v) is 2.21. The Hall–Kier alpha value is -1.43. The van der Waals surface area contributed by atoms with Crippen molar-refractivity contribution in [3.63, 3.8) is 0 Å². The van der Waals surface area contributed by atoms with Gasteiger partial charge in [-0.05, 0) is 20.3 Å². The largest absolute Gasteiger partial charge is 0.378 e. The summed E-state index contributed by atoms with van der Waals surface area (Å²) in [7, 11) is 0. The van der Waals surface area contributed by atoms with E-state index >= 15 is 0 Å². The summed E-state index contributed by atoms with van der Waals surface area (Å²) in [6.07, 6.45) is 0.714. The normalized spacial score (nSPS) is 33.8. The molecule has 1 N–H and O–H groups in total. The van der Waals surface area contributed by atoms with E-state index in [1.54, 1.807) is 6.92 Å². The van der Waals surface area contributed by atoms with Gasteiger partial charge in [-0.15, -0.1) is 0 Å². The first kappa shape index (κ1) is 12.0. The number of piperazine rings is 1. The first-order chi connectivity index (χ1) is 7.99. The van der Waals surface area contributed by atoms with E-state index in [-0.39, 0.29) is 24.5 Å². The van der Waals surface area contributed by atoms with Gasteiger partial charge in [0, 0.05) is 0 Å². The van der Waals surface area contributed by atoms with Crippen molar-refractivity contribution in [2.45, 2.75) is 32.4 Å². The smallest absolute Gasteiger partial charge is 0.249 e. The van der Waals surface area contributed by atoms with E-state index in [2.05, 4.69) is 5.32 Å². The molecule has 0 aliphatic carbocycles. The van der Waals surface area contributed by atoms with Crippen LogP contribution in [0.25, 0.3) is 0 Å². The Bertz CT molecular complexity index is 368. The van der Waals surface area contributed by atoms with Crippen molar-refractivity contribution in [1.29, 1.82) is 0 Å². The molecule has 2 heterocycles. The highest BCUT2D eigenvalue weighted by atomic mass is 16.5. The van der Waals surface area contributed by atoms with E-state index in [0.717, 1.165) is 0 Å². The molecule has 3 unspecified atom stereocenters. The van der Waals surface area contributed by atoms with E-state index < -0.39 is 17.9 Å². The maximum atomic E-state index is 12.2. The molecule has 3 atom stereocenters. The summed E-state index contributed by atoms with van der Waals surface area (Å²) in [4.78, 5) is 36.2. The molecular weight excluding hydrogens is 224 g/mol. The molecule has 3 amide bonds. The Morgan fingerprint density at radius 3 is 2.71 bits per heavy atom. The second kappa shape index (κ2) is 4.44. The third-order valence-electron chi connectivity index (χ3n) is 3.25. The molecule has 0 aromatic heterocycles. The molecule has 17 heavy (non-hydrogen) atoms. The number of rotatable bonds is 1. The Labute approximate surface area is 99.3 Å². The van der Waals surface area contributed by atoms with Crippen LogP contribution in [-0.2, 0) is 19.1 Å². The molecule has 0 bridgehead atoms. The lowest BCUT2D eigenvalue weighted by Gasteiger charge is -2.33. The van der Waals surface area contributed by atoms with Gasteiger partial charge >= 0.3 is 0 Å². The Kier molecular flexibility index (Phi) is 3.15. The lowest BCUT2D eigenvalue weighted by atomic mass is 10.0. The van der Waals surface area contributed by atoms with Crippen molar-refractivity contribution in [3.8, 4) is 0 Å². The average molecular weight is 240 g/mol. The van der Waals surface area contributed by atoms with Crippen LogP contribution < -0.4 is 5.32 Å². The number of nitrogens with zero attached hydrogens (tertiary/aromatic N) is 1. The van der Waals surface area contributed by atoms with E-state index in [4.69, 9.17) is 4.74 Å². The van der Waals surface area contributed by atoms with Crippen molar-refractivity contribution in [1.82, 2.24) is 10.2 Å². The minimum atomic E-state index is -0.587. The topological polar surface area (TPSA) is 75.7 Å². The molecule has 0 saturated carbocycles. The predicted molar refractivity (Wildman–Crippen MR) is 57.8 cm³/mol. The lowest BCUT2D eigenvalue weighted by Crippen LogP contribution is -2.59. The SMILES string of the molecule is CC1CC(C(=O)N2CC(=O)NC(=O)C2C)CO1. The number of imide groups is 1.